The molecule has 3 heteroatoms. The molecular weight excluding hydrogens is 132 g/mol. The summed E-state index contributed by atoms with van der Waals surface area (Å²) in [5, 5.41) is 0. The number of carbonyl (C=O) groups is 2. The molecule has 0 aromatic carbocycles. The van der Waals surface area contributed by atoms with Crippen molar-refractivity contribution in [3.05, 3.63) is 24.3 Å². The van der Waals surface area contributed by atoms with E-state index in [1.54, 1.807) is 6.92 Å². The van der Waals surface area contributed by atoms with Gasteiger partial charge in [-0.2, -0.15) is 0 Å². The first-order valence-corrected chi connectivity index (χ1v) is 2.65. The third kappa shape index (κ3) is 3.60. The van der Waals surface area contributed by atoms with E-state index in [0.717, 1.165) is 0 Å². The lowest BCUT2D eigenvalue weighted by Crippen LogP contribution is -1.97. The molecule has 0 unspecified atom stereocenters. The van der Waals surface area contributed by atoms with E-state index in [9.17, 15) is 9.59 Å². The number of ether oxygens (including phenoxy) is 1. The van der Waals surface area contributed by atoms with Gasteiger partial charge in [0, 0.05) is 6.08 Å². The predicted molar refractivity (Wildman–Crippen MR) is 36.1 cm³/mol. The number of esters is 1. The first-order chi connectivity index (χ1) is 4.70. The van der Waals surface area contributed by atoms with Gasteiger partial charge in [-0.1, -0.05) is 12.7 Å². The average molecular weight is 140 g/mol. The Hall–Kier alpha value is -1.38. The van der Waals surface area contributed by atoms with Gasteiger partial charge in [0.1, 0.15) is 0 Å². The van der Waals surface area contributed by atoms with Crippen molar-refractivity contribution in [2.24, 2.45) is 0 Å². The monoisotopic (exact) mass is 140 g/mol. The lowest BCUT2D eigenvalue weighted by Gasteiger charge is -1.88. The zero-order valence-corrected chi connectivity index (χ0v) is 5.66. The van der Waals surface area contributed by atoms with Crippen molar-refractivity contribution in [3.8, 4) is 0 Å². The minimum atomic E-state index is -0.674. The minimum absolute atomic E-state index is 0.0925. The number of hydrogen-bond donors (Lipinski definition) is 0. The third-order valence-electron chi connectivity index (χ3n) is 0.832. The molecule has 0 heterocycles. The number of carbonyl (C=O) groups excluding carboxylic acids is 2. The first-order valence-electron chi connectivity index (χ1n) is 2.65. The van der Waals surface area contributed by atoms with E-state index in [0.29, 0.717) is 5.57 Å². The van der Waals surface area contributed by atoms with Crippen LogP contribution < -0.4 is 0 Å². The topological polar surface area (TPSA) is 43.4 Å². The molecule has 0 amide bonds. The summed E-state index contributed by atoms with van der Waals surface area (Å²) in [4.78, 5) is 20.0. The highest BCUT2D eigenvalue weighted by Gasteiger charge is 1.94. The summed E-state index contributed by atoms with van der Waals surface area (Å²) in [6.07, 6.45) is 2.67. The maximum Gasteiger partial charge on any atom is 0.338 e. The van der Waals surface area contributed by atoms with Crippen LogP contribution in [-0.4, -0.2) is 12.4 Å². The van der Waals surface area contributed by atoms with Crippen molar-refractivity contribution in [1.82, 2.24) is 0 Å². The summed E-state index contributed by atoms with van der Waals surface area (Å²) >= 11 is 0. The highest BCUT2D eigenvalue weighted by molar-refractivity contribution is 5.87. The zero-order valence-electron chi connectivity index (χ0n) is 5.66. The fourth-order valence-electron chi connectivity index (χ4n) is 0.326. The van der Waals surface area contributed by atoms with Gasteiger partial charge in [0.25, 0.3) is 0 Å². The second kappa shape index (κ2) is 4.49. The van der Waals surface area contributed by atoms with Gasteiger partial charge in [-0.05, 0) is 12.5 Å². The Balaban J connectivity index is 3.98. The van der Waals surface area contributed by atoms with Crippen LogP contribution in [0.2, 0.25) is 0 Å². The Morgan fingerprint density at radius 3 is 2.60 bits per heavy atom. The number of rotatable bonds is 3. The van der Waals surface area contributed by atoms with Crippen LogP contribution in [0.5, 0.6) is 0 Å². The van der Waals surface area contributed by atoms with Gasteiger partial charge in [0.15, 0.2) is 0 Å². The Morgan fingerprint density at radius 1 is 1.60 bits per heavy atom. The van der Waals surface area contributed by atoms with E-state index in [1.807, 2.05) is 0 Å². The summed E-state index contributed by atoms with van der Waals surface area (Å²) in [5.41, 5.74) is 0.659. The molecule has 0 saturated carbocycles. The van der Waals surface area contributed by atoms with Crippen molar-refractivity contribution >= 4 is 12.4 Å². The van der Waals surface area contributed by atoms with Crippen molar-refractivity contribution in [2.75, 3.05) is 0 Å². The molecule has 0 aromatic rings. The Kier molecular flexibility index (Phi) is 3.87. The lowest BCUT2D eigenvalue weighted by atomic mass is 10.3. The molecule has 0 aromatic heterocycles. The highest BCUT2D eigenvalue weighted by atomic mass is 16.6. The first kappa shape index (κ1) is 8.62. The summed E-state index contributed by atoms with van der Waals surface area (Å²) in [5.74, 6) is -0.674. The van der Waals surface area contributed by atoms with Crippen LogP contribution in [0.4, 0.5) is 0 Å². The van der Waals surface area contributed by atoms with Gasteiger partial charge in [-0.15, -0.1) is 0 Å². The molecule has 0 N–H and O–H groups in total. The van der Waals surface area contributed by atoms with Gasteiger partial charge >= 0.3 is 12.4 Å². The molecule has 0 atom stereocenters. The Labute approximate surface area is 59.0 Å². The maximum absolute atomic E-state index is 10.4. The van der Waals surface area contributed by atoms with Gasteiger partial charge < -0.3 is 4.74 Å². The van der Waals surface area contributed by atoms with Crippen molar-refractivity contribution in [2.45, 2.75) is 6.92 Å². The molecular formula is C7H8O3. The van der Waals surface area contributed by atoms with E-state index in [4.69, 9.17) is 0 Å². The second-order valence-electron chi connectivity index (χ2n) is 1.63. The van der Waals surface area contributed by atoms with E-state index < -0.39 is 5.97 Å². The zero-order chi connectivity index (χ0) is 7.98. The molecule has 0 bridgehead atoms. The van der Waals surface area contributed by atoms with Crippen molar-refractivity contribution in [3.63, 3.8) is 0 Å². The molecule has 0 radical (unpaired) electrons. The van der Waals surface area contributed by atoms with Crippen molar-refractivity contribution < 1.29 is 14.3 Å². The number of hydrogen-bond acceptors (Lipinski definition) is 3. The van der Waals surface area contributed by atoms with Crippen LogP contribution in [0.1, 0.15) is 6.92 Å². The molecule has 0 spiro atoms. The molecule has 0 aliphatic rings. The maximum atomic E-state index is 10.4. The smallest absolute Gasteiger partial charge is 0.338 e. The van der Waals surface area contributed by atoms with Gasteiger partial charge in [0.2, 0.25) is 0 Å². The van der Waals surface area contributed by atoms with Crippen LogP contribution in [-0.2, 0) is 14.3 Å². The van der Waals surface area contributed by atoms with E-state index in [1.165, 1.54) is 12.2 Å². The molecule has 0 saturated heterocycles. The van der Waals surface area contributed by atoms with E-state index in [2.05, 4.69) is 11.3 Å². The third-order valence-corrected chi connectivity index (χ3v) is 0.832. The number of allylic oxidation sites excluding steroid dienone is 2. The van der Waals surface area contributed by atoms with Gasteiger partial charge in [-0.25, -0.2) is 4.79 Å². The lowest BCUT2D eigenvalue weighted by molar-refractivity contribution is -0.147. The van der Waals surface area contributed by atoms with Gasteiger partial charge in [0.05, 0.1) is 0 Å². The molecule has 10 heavy (non-hydrogen) atoms. The molecule has 3 nitrogen and oxygen atoms in total. The summed E-state index contributed by atoms with van der Waals surface area (Å²) in [6.45, 7) is 5.18. The Morgan fingerprint density at radius 2 is 2.20 bits per heavy atom. The normalized spacial score (nSPS) is 10.3. The fraction of sp³-hybridized carbons (Fsp3) is 0.143. The largest absolute Gasteiger partial charge is 0.392 e. The Bertz CT molecular complexity index is 179. The van der Waals surface area contributed by atoms with Crippen LogP contribution in [0.3, 0.4) is 0 Å². The van der Waals surface area contributed by atoms with Crippen LogP contribution in [0.25, 0.3) is 0 Å². The predicted octanol–water partition coefficient (Wildman–Crippen LogP) is 0.818. The summed E-state index contributed by atoms with van der Waals surface area (Å²) in [6, 6.07) is 0. The average Bonchev–Trinajstić information content (AvgIpc) is 1.88. The SMILES string of the molecule is C=C/C(C)=C/C(=O)OC=O. The van der Waals surface area contributed by atoms with Crippen molar-refractivity contribution in [1.29, 1.82) is 0 Å². The molecule has 0 fully saturated rings. The summed E-state index contributed by atoms with van der Waals surface area (Å²) < 4.78 is 3.97. The molecule has 0 aliphatic heterocycles. The van der Waals surface area contributed by atoms with Crippen LogP contribution in [0.15, 0.2) is 24.3 Å². The fourth-order valence-corrected chi connectivity index (χ4v) is 0.326. The second-order valence-corrected chi connectivity index (χ2v) is 1.63. The molecule has 0 rings (SSSR count). The van der Waals surface area contributed by atoms with Crippen LogP contribution in [0, 0.1) is 0 Å². The highest BCUT2D eigenvalue weighted by Crippen LogP contribution is 1.92. The molecule has 0 aliphatic carbocycles. The van der Waals surface area contributed by atoms with Crippen LogP contribution >= 0.6 is 0 Å². The van der Waals surface area contributed by atoms with E-state index in [-0.39, 0.29) is 6.47 Å². The summed E-state index contributed by atoms with van der Waals surface area (Å²) in [7, 11) is 0. The van der Waals surface area contributed by atoms with Gasteiger partial charge in [-0.3, -0.25) is 4.79 Å². The minimum Gasteiger partial charge on any atom is -0.392 e. The quantitative estimate of drug-likeness (QED) is 0.191. The van der Waals surface area contributed by atoms with E-state index >= 15 is 0 Å². The standard InChI is InChI=1S/C7H8O3/c1-3-6(2)4-7(9)10-5-8/h3-5H,1H2,2H3/b6-4+. The molecule has 54 valence electrons.